The molecule has 2 heterocycles. The summed E-state index contributed by atoms with van der Waals surface area (Å²) in [5.41, 5.74) is 0. The van der Waals surface area contributed by atoms with Gasteiger partial charge in [0, 0.05) is 11.5 Å². The van der Waals surface area contributed by atoms with Crippen LogP contribution in [0.5, 0.6) is 0 Å². The van der Waals surface area contributed by atoms with Gasteiger partial charge in [0.15, 0.2) is 0 Å². The molecular formula is C12H16BrNO3S2. The third-order valence-electron chi connectivity index (χ3n) is 3.66. The Labute approximate surface area is 125 Å². The molecule has 7 heteroatoms. The molecule has 2 fully saturated rings. The molecule has 106 valence electrons. The van der Waals surface area contributed by atoms with Crippen molar-refractivity contribution in [2.24, 2.45) is 5.92 Å². The van der Waals surface area contributed by atoms with Gasteiger partial charge < -0.3 is 4.74 Å². The highest BCUT2D eigenvalue weighted by Gasteiger charge is 2.42. The van der Waals surface area contributed by atoms with E-state index in [0.29, 0.717) is 17.4 Å². The Hall–Kier alpha value is 0.0500. The lowest BCUT2D eigenvalue weighted by atomic mass is 10.1. The standard InChI is InChI=1S/C12H16BrNO3S2/c1-7-10(6-11(13)18-7)19(15,16)14-9-4-5-17-12(9)8-2-3-8/h6,8-9,12,14H,2-5H2,1H3. The number of rotatable bonds is 4. The number of sulfonamides is 1. The Morgan fingerprint density at radius 2 is 2.16 bits per heavy atom. The number of aryl methyl sites for hydroxylation is 1. The lowest BCUT2D eigenvalue weighted by molar-refractivity contribution is 0.0848. The topological polar surface area (TPSA) is 55.4 Å². The van der Waals surface area contributed by atoms with E-state index < -0.39 is 10.0 Å². The van der Waals surface area contributed by atoms with Crippen LogP contribution < -0.4 is 4.72 Å². The van der Waals surface area contributed by atoms with Crippen LogP contribution in [0, 0.1) is 12.8 Å². The van der Waals surface area contributed by atoms with E-state index in [1.165, 1.54) is 11.3 Å². The van der Waals surface area contributed by atoms with Crippen LogP contribution in [0.2, 0.25) is 0 Å². The van der Waals surface area contributed by atoms with E-state index in [0.717, 1.165) is 27.9 Å². The van der Waals surface area contributed by atoms with Gasteiger partial charge in [0.05, 0.1) is 20.8 Å². The molecule has 1 saturated carbocycles. The SMILES string of the molecule is Cc1sc(Br)cc1S(=O)(=O)NC1CCOC1C1CC1. The molecule has 2 unspecified atom stereocenters. The van der Waals surface area contributed by atoms with Crippen molar-refractivity contribution in [3.05, 3.63) is 14.7 Å². The molecule has 1 N–H and O–H groups in total. The maximum atomic E-state index is 12.4. The van der Waals surface area contributed by atoms with E-state index in [-0.39, 0.29) is 12.1 Å². The van der Waals surface area contributed by atoms with Crippen molar-refractivity contribution < 1.29 is 13.2 Å². The van der Waals surface area contributed by atoms with Gasteiger partial charge in [0.2, 0.25) is 10.0 Å². The van der Waals surface area contributed by atoms with Crippen LogP contribution in [0.1, 0.15) is 24.1 Å². The first-order valence-corrected chi connectivity index (χ1v) is 9.46. The summed E-state index contributed by atoms with van der Waals surface area (Å²) in [6, 6.07) is 1.60. The average Bonchev–Trinajstić information content (AvgIpc) is 2.97. The van der Waals surface area contributed by atoms with Crippen LogP contribution in [0.25, 0.3) is 0 Å². The summed E-state index contributed by atoms with van der Waals surface area (Å²) in [5, 5.41) is 0. The Bertz CT molecular complexity index is 580. The van der Waals surface area contributed by atoms with Crippen LogP contribution >= 0.6 is 27.3 Å². The van der Waals surface area contributed by atoms with Crippen molar-refractivity contribution in [3.8, 4) is 0 Å². The third kappa shape index (κ3) is 2.90. The van der Waals surface area contributed by atoms with Gasteiger partial charge in [-0.25, -0.2) is 13.1 Å². The second-order valence-electron chi connectivity index (χ2n) is 5.16. The van der Waals surface area contributed by atoms with Gasteiger partial charge in [-0.2, -0.15) is 0 Å². The summed E-state index contributed by atoms with van der Waals surface area (Å²) in [5.74, 6) is 0.547. The molecule has 1 aliphatic heterocycles. The first-order chi connectivity index (χ1) is 8.97. The van der Waals surface area contributed by atoms with Crippen molar-refractivity contribution in [1.29, 1.82) is 0 Å². The highest BCUT2D eigenvalue weighted by atomic mass is 79.9. The summed E-state index contributed by atoms with van der Waals surface area (Å²) >= 11 is 4.77. The maximum Gasteiger partial charge on any atom is 0.242 e. The normalized spacial score (nSPS) is 27.9. The maximum absolute atomic E-state index is 12.4. The molecule has 0 radical (unpaired) electrons. The monoisotopic (exact) mass is 365 g/mol. The largest absolute Gasteiger partial charge is 0.376 e. The Morgan fingerprint density at radius 1 is 1.42 bits per heavy atom. The van der Waals surface area contributed by atoms with Crippen LogP contribution in [-0.2, 0) is 14.8 Å². The quantitative estimate of drug-likeness (QED) is 0.892. The Balaban J connectivity index is 1.79. The molecule has 1 aromatic rings. The molecule has 4 nitrogen and oxygen atoms in total. The van der Waals surface area contributed by atoms with Gasteiger partial charge in [0.25, 0.3) is 0 Å². The lowest BCUT2D eigenvalue weighted by Gasteiger charge is -2.19. The number of nitrogens with one attached hydrogen (secondary N) is 1. The Morgan fingerprint density at radius 3 is 2.74 bits per heavy atom. The fourth-order valence-corrected chi connectivity index (χ4v) is 6.28. The molecule has 0 aromatic carbocycles. The highest BCUT2D eigenvalue weighted by molar-refractivity contribution is 9.11. The predicted octanol–water partition coefficient (Wildman–Crippen LogP) is 2.66. The van der Waals surface area contributed by atoms with Crippen LogP contribution in [0.15, 0.2) is 14.7 Å². The number of ether oxygens (including phenoxy) is 1. The molecule has 0 spiro atoms. The molecule has 1 aromatic heterocycles. The zero-order valence-electron chi connectivity index (χ0n) is 10.6. The molecule has 2 atom stereocenters. The number of halogens is 1. The molecule has 1 saturated heterocycles. The van der Waals surface area contributed by atoms with Gasteiger partial charge in [-0.3, -0.25) is 0 Å². The van der Waals surface area contributed by atoms with Crippen molar-refractivity contribution in [2.75, 3.05) is 6.61 Å². The zero-order valence-corrected chi connectivity index (χ0v) is 13.8. The van der Waals surface area contributed by atoms with Crippen molar-refractivity contribution in [3.63, 3.8) is 0 Å². The van der Waals surface area contributed by atoms with E-state index in [4.69, 9.17) is 4.74 Å². The zero-order chi connectivity index (χ0) is 13.6. The second kappa shape index (κ2) is 5.11. The number of hydrogen-bond acceptors (Lipinski definition) is 4. The fourth-order valence-electron chi connectivity index (χ4n) is 2.59. The minimum Gasteiger partial charge on any atom is -0.376 e. The minimum atomic E-state index is -3.44. The van der Waals surface area contributed by atoms with Gasteiger partial charge in [0.1, 0.15) is 0 Å². The molecule has 0 bridgehead atoms. The van der Waals surface area contributed by atoms with E-state index in [1.54, 1.807) is 6.07 Å². The van der Waals surface area contributed by atoms with Gasteiger partial charge in [-0.15, -0.1) is 11.3 Å². The van der Waals surface area contributed by atoms with Crippen LogP contribution in [-0.4, -0.2) is 27.2 Å². The van der Waals surface area contributed by atoms with Gasteiger partial charge >= 0.3 is 0 Å². The van der Waals surface area contributed by atoms with E-state index in [9.17, 15) is 8.42 Å². The lowest BCUT2D eigenvalue weighted by Crippen LogP contribution is -2.41. The summed E-state index contributed by atoms with van der Waals surface area (Å²) < 4.78 is 34.2. The summed E-state index contributed by atoms with van der Waals surface area (Å²) in [6.45, 7) is 2.48. The summed E-state index contributed by atoms with van der Waals surface area (Å²) in [6.07, 6.45) is 3.15. The molecule has 3 rings (SSSR count). The molecule has 1 aliphatic carbocycles. The van der Waals surface area contributed by atoms with Crippen LogP contribution in [0.4, 0.5) is 0 Å². The van der Waals surface area contributed by atoms with Crippen molar-refractivity contribution in [2.45, 2.75) is 43.2 Å². The van der Waals surface area contributed by atoms with E-state index in [2.05, 4.69) is 20.7 Å². The average molecular weight is 366 g/mol. The fraction of sp³-hybridized carbons (Fsp3) is 0.667. The van der Waals surface area contributed by atoms with Gasteiger partial charge in [-0.05, 0) is 54.1 Å². The minimum absolute atomic E-state index is 0.0668. The number of hydrogen-bond donors (Lipinski definition) is 1. The molecule has 19 heavy (non-hydrogen) atoms. The summed E-state index contributed by atoms with van der Waals surface area (Å²) in [7, 11) is -3.44. The summed E-state index contributed by atoms with van der Waals surface area (Å²) in [4.78, 5) is 1.19. The first-order valence-electron chi connectivity index (χ1n) is 6.37. The molecule has 2 aliphatic rings. The van der Waals surface area contributed by atoms with Crippen molar-refractivity contribution in [1.82, 2.24) is 4.72 Å². The first kappa shape index (κ1) is 14.0. The predicted molar refractivity (Wildman–Crippen MR) is 77.9 cm³/mol. The highest BCUT2D eigenvalue weighted by Crippen LogP contribution is 2.39. The molecular weight excluding hydrogens is 350 g/mol. The van der Waals surface area contributed by atoms with Gasteiger partial charge in [-0.1, -0.05) is 0 Å². The van der Waals surface area contributed by atoms with Crippen LogP contribution in [0.3, 0.4) is 0 Å². The van der Waals surface area contributed by atoms with Crippen molar-refractivity contribution >= 4 is 37.3 Å². The van der Waals surface area contributed by atoms with E-state index in [1.807, 2.05) is 6.92 Å². The van der Waals surface area contributed by atoms with E-state index >= 15 is 0 Å². The third-order valence-corrected chi connectivity index (χ3v) is 6.96. The smallest absolute Gasteiger partial charge is 0.242 e. The molecule has 0 amide bonds. The number of thiophene rings is 1. The second-order valence-corrected chi connectivity index (χ2v) is 9.48. The Kier molecular flexibility index (Phi) is 3.77.